The van der Waals surface area contributed by atoms with Crippen LogP contribution in [0.4, 0.5) is 0 Å². The third-order valence-corrected chi connectivity index (χ3v) is 4.38. The van der Waals surface area contributed by atoms with E-state index in [1.807, 2.05) is 13.8 Å². The van der Waals surface area contributed by atoms with E-state index in [2.05, 4.69) is 9.80 Å². The Morgan fingerprint density at radius 3 is 2.39 bits per heavy atom. The number of carbonyl (C=O) groups is 1. The molecule has 0 radical (unpaired) electrons. The summed E-state index contributed by atoms with van der Waals surface area (Å²) < 4.78 is 0. The lowest BCUT2D eigenvalue weighted by molar-refractivity contribution is -0.144. The Labute approximate surface area is 110 Å². The minimum atomic E-state index is -0.663. The van der Waals surface area contributed by atoms with Gasteiger partial charge in [0.25, 0.3) is 0 Å². The SMILES string of the molecule is CC(C)C(C(=O)O)N1CCC(N2CCCCC2)C1. The number of hydrogen-bond donors (Lipinski definition) is 1. The Bertz CT molecular complexity index is 288. The van der Waals surface area contributed by atoms with Gasteiger partial charge in [-0.2, -0.15) is 0 Å². The monoisotopic (exact) mass is 254 g/mol. The van der Waals surface area contributed by atoms with Crippen molar-refractivity contribution >= 4 is 5.97 Å². The Balaban J connectivity index is 1.92. The van der Waals surface area contributed by atoms with E-state index in [0.717, 1.165) is 19.5 Å². The highest BCUT2D eigenvalue weighted by Crippen LogP contribution is 2.24. The predicted octanol–water partition coefficient (Wildman–Crippen LogP) is 1.66. The van der Waals surface area contributed by atoms with Gasteiger partial charge in [-0.05, 0) is 38.3 Å². The van der Waals surface area contributed by atoms with Crippen LogP contribution in [0, 0.1) is 5.92 Å². The second-order valence-electron chi connectivity index (χ2n) is 6.06. The summed E-state index contributed by atoms with van der Waals surface area (Å²) in [6.45, 7) is 8.31. The molecule has 2 aliphatic heterocycles. The number of aliphatic carboxylic acids is 1. The van der Waals surface area contributed by atoms with E-state index in [1.165, 1.54) is 32.4 Å². The van der Waals surface area contributed by atoms with Crippen LogP contribution < -0.4 is 0 Å². The highest BCUT2D eigenvalue weighted by molar-refractivity contribution is 5.73. The number of rotatable bonds is 4. The average Bonchev–Trinajstić information content (AvgIpc) is 2.78. The molecule has 2 atom stereocenters. The molecule has 0 spiro atoms. The smallest absolute Gasteiger partial charge is 0.321 e. The topological polar surface area (TPSA) is 43.8 Å². The molecule has 104 valence electrons. The minimum Gasteiger partial charge on any atom is -0.480 e. The second-order valence-corrected chi connectivity index (χ2v) is 6.06. The molecule has 0 bridgehead atoms. The maximum Gasteiger partial charge on any atom is 0.321 e. The molecule has 2 unspecified atom stereocenters. The van der Waals surface area contributed by atoms with Gasteiger partial charge >= 0.3 is 5.97 Å². The van der Waals surface area contributed by atoms with Crippen LogP contribution in [0.5, 0.6) is 0 Å². The molecule has 2 rings (SSSR count). The standard InChI is InChI=1S/C14H26N2O2/c1-11(2)13(14(17)18)16-9-6-12(10-16)15-7-4-3-5-8-15/h11-13H,3-10H2,1-2H3,(H,17,18). The number of carboxylic acids is 1. The van der Waals surface area contributed by atoms with Crippen LogP contribution in [-0.4, -0.2) is 59.1 Å². The molecule has 2 heterocycles. The van der Waals surface area contributed by atoms with Crippen molar-refractivity contribution in [1.29, 1.82) is 0 Å². The number of hydrogen-bond acceptors (Lipinski definition) is 3. The van der Waals surface area contributed by atoms with E-state index in [-0.39, 0.29) is 12.0 Å². The first kappa shape index (κ1) is 13.8. The third kappa shape index (κ3) is 3.04. The van der Waals surface area contributed by atoms with Crippen molar-refractivity contribution in [3.05, 3.63) is 0 Å². The molecule has 0 amide bonds. The fourth-order valence-corrected chi connectivity index (χ4v) is 3.47. The molecule has 2 aliphatic rings. The summed E-state index contributed by atoms with van der Waals surface area (Å²) in [5.41, 5.74) is 0. The van der Waals surface area contributed by atoms with Crippen LogP contribution in [0.25, 0.3) is 0 Å². The third-order valence-electron chi connectivity index (χ3n) is 4.38. The van der Waals surface area contributed by atoms with Gasteiger partial charge in [0, 0.05) is 19.1 Å². The summed E-state index contributed by atoms with van der Waals surface area (Å²) in [6, 6.07) is 0.283. The predicted molar refractivity (Wildman–Crippen MR) is 71.7 cm³/mol. The van der Waals surface area contributed by atoms with Crippen molar-refractivity contribution in [3.63, 3.8) is 0 Å². The van der Waals surface area contributed by atoms with E-state index in [9.17, 15) is 9.90 Å². The molecule has 2 saturated heterocycles. The van der Waals surface area contributed by atoms with Crippen LogP contribution in [0.2, 0.25) is 0 Å². The molecule has 0 aromatic heterocycles. The van der Waals surface area contributed by atoms with E-state index in [1.54, 1.807) is 0 Å². The number of carboxylic acid groups (broad SMARTS) is 1. The molecule has 18 heavy (non-hydrogen) atoms. The van der Waals surface area contributed by atoms with Crippen molar-refractivity contribution in [1.82, 2.24) is 9.80 Å². The zero-order chi connectivity index (χ0) is 13.1. The zero-order valence-corrected chi connectivity index (χ0v) is 11.6. The first-order chi connectivity index (χ1) is 8.59. The summed E-state index contributed by atoms with van der Waals surface area (Å²) in [5, 5.41) is 9.35. The first-order valence-electron chi connectivity index (χ1n) is 7.30. The van der Waals surface area contributed by atoms with E-state index in [4.69, 9.17) is 0 Å². The maximum absolute atomic E-state index is 11.4. The second kappa shape index (κ2) is 6.02. The lowest BCUT2D eigenvalue weighted by Gasteiger charge is -2.33. The Morgan fingerprint density at radius 1 is 1.17 bits per heavy atom. The summed E-state index contributed by atoms with van der Waals surface area (Å²) in [4.78, 5) is 16.1. The number of piperidine rings is 1. The Morgan fingerprint density at radius 2 is 1.83 bits per heavy atom. The molecular weight excluding hydrogens is 228 g/mol. The molecule has 2 fully saturated rings. The molecule has 1 N–H and O–H groups in total. The van der Waals surface area contributed by atoms with Crippen LogP contribution in [-0.2, 0) is 4.79 Å². The van der Waals surface area contributed by atoms with Gasteiger partial charge in [-0.1, -0.05) is 20.3 Å². The van der Waals surface area contributed by atoms with Crippen molar-refractivity contribution < 1.29 is 9.90 Å². The fourth-order valence-electron chi connectivity index (χ4n) is 3.47. The van der Waals surface area contributed by atoms with Gasteiger partial charge in [0.1, 0.15) is 6.04 Å². The van der Waals surface area contributed by atoms with Gasteiger partial charge in [-0.25, -0.2) is 0 Å². The van der Waals surface area contributed by atoms with Crippen molar-refractivity contribution in [2.24, 2.45) is 5.92 Å². The molecular formula is C14H26N2O2. The first-order valence-corrected chi connectivity index (χ1v) is 7.30. The quantitative estimate of drug-likeness (QED) is 0.828. The van der Waals surface area contributed by atoms with Crippen LogP contribution in [0.3, 0.4) is 0 Å². The summed E-state index contributed by atoms with van der Waals surface area (Å²) in [6.07, 6.45) is 5.11. The number of likely N-dealkylation sites (tertiary alicyclic amines) is 2. The largest absolute Gasteiger partial charge is 0.480 e. The maximum atomic E-state index is 11.4. The lowest BCUT2D eigenvalue weighted by atomic mass is 10.0. The fraction of sp³-hybridized carbons (Fsp3) is 0.929. The normalized spacial score (nSPS) is 28.7. The summed E-state index contributed by atoms with van der Waals surface area (Å²) >= 11 is 0. The van der Waals surface area contributed by atoms with Crippen molar-refractivity contribution in [2.75, 3.05) is 26.2 Å². The molecule has 4 heteroatoms. The molecule has 0 aliphatic carbocycles. The molecule has 0 saturated carbocycles. The highest BCUT2D eigenvalue weighted by Gasteiger charge is 2.36. The average molecular weight is 254 g/mol. The van der Waals surface area contributed by atoms with Crippen LogP contribution in [0.1, 0.15) is 39.5 Å². The summed E-state index contributed by atoms with van der Waals surface area (Å²) in [5.74, 6) is -0.480. The highest BCUT2D eigenvalue weighted by atomic mass is 16.4. The van der Waals surface area contributed by atoms with Crippen molar-refractivity contribution in [3.8, 4) is 0 Å². The molecule has 0 aromatic rings. The molecule has 0 aromatic carbocycles. The van der Waals surface area contributed by atoms with Gasteiger partial charge in [-0.15, -0.1) is 0 Å². The van der Waals surface area contributed by atoms with Gasteiger partial charge in [0.05, 0.1) is 0 Å². The van der Waals surface area contributed by atoms with Crippen LogP contribution in [0.15, 0.2) is 0 Å². The van der Waals surface area contributed by atoms with Crippen molar-refractivity contribution in [2.45, 2.75) is 51.6 Å². The van der Waals surface area contributed by atoms with E-state index >= 15 is 0 Å². The zero-order valence-electron chi connectivity index (χ0n) is 11.6. The summed E-state index contributed by atoms with van der Waals surface area (Å²) in [7, 11) is 0. The Kier molecular flexibility index (Phi) is 4.62. The minimum absolute atomic E-state index is 0.183. The van der Waals surface area contributed by atoms with Crippen LogP contribution >= 0.6 is 0 Å². The van der Waals surface area contributed by atoms with Gasteiger partial charge in [0.15, 0.2) is 0 Å². The van der Waals surface area contributed by atoms with Gasteiger partial charge in [0.2, 0.25) is 0 Å². The Hall–Kier alpha value is -0.610. The number of nitrogens with zero attached hydrogens (tertiary/aromatic N) is 2. The van der Waals surface area contributed by atoms with Gasteiger partial charge < -0.3 is 5.11 Å². The molecule has 4 nitrogen and oxygen atoms in total. The lowest BCUT2D eigenvalue weighted by Crippen LogP contribution is -2.46. The van der Waals surface area contributed by atoms with E-state index < -0.39 is 5.97 Å². The van der Waals surface area contributed by atoms with Gasteiger partial charge in [-0.3, -0.25) is 14.6 Å². The van der Waals surface area contributed by atoms with E-state index in [0.29, 0.717) is 6.04 Å².